The molecule has 6 aromatic carbocycles. The van der Waals surface area contributed by atoms with Crippen LogP contribution in [0.25, 0.3) is 60.6 Å². The summed E-state index contributed by atoms with van der Waals surface area (Å²) in [6.45, 7) is 14.4. The minimum atomic E-state index is 0.000639. The van der Waals surface area contributed by atoms with Crippen LogP contribution in [0.4, 0.5) is 11.4 Å². The van der Waals surface area contributed by atoms with Crippen molar-refractivity contribution in [1.82, 2.24) is 4.57 Å². The molecule has 2 aliphatic heterocycles. The predicted octanol–water partition coefficient (Wildman–Crippen LogP) is 10.9. The maximum Gasteiger partial charge on any atom is 0.333 e. The first-order valence-corrected chi connectivity index (χ1v) is 18.2. The van der Waals surface area contributed by atoms with Gasteiger partial charge in [-0.3, -0.25) is 0 Å². The maximum absolute atomic E-state index is 6.57. The summed E-state index contributed by atoms with van der Waals surface area (Å²) in [5, 5.41) is 4.99. The van der Waals surface area contributed by atoms with Gasteiger partial charge >= 0.3 is 6.85 Å². The highest BCUT2D eigenvalue weighted by Gasteiger charge is 2.46. The molecule has 0 saturated carbocycles. The second kappa shape index (κ2) is 9.31. The largest absolute Gasteiger partial charge is 0.456 e. The summed E-state index contributed by atoms with van der Waals surface area (Å²) >= 11 is 0. The molecule has 3 aliphatic rings. The number of rotatable bonds is 1. The van der Waals surface area contributed by atoms with E-state index in [2.05, 4.69) is 154 Å². The molecule has 0 spiro atoms. The molecular weight excluding hydrogens is 607 g/mol. The third-order valence-corrected chi connectivity index (χ3v) is 12.6. The van der Waals surface area contributed by atoms with Gasteiger partial charge in [-0.25, -0.2) is 0 Å². The topological polar surface area (TPSA) is 21.3 Å². The van der Waals surface area contributed by atoms with Crippen LogP contribution in [0.15, 0.2) is 108 Å². The van der Waals surface area contributed by atoms with Gasteiger partial charge in [0.2, 0.25) is 0 Å². The lowest BCUT2D eigenvalue weighted by atomic mass is 9.43. The summed E-state index contributed by atoms with van der Waals surface area (Å²) in [5.41, 5.74) is 19.4. The van der Waals surface area contributed by atoms with Gasteiger partial charge < -0.3 is 13.8 Å². The van der Waals surface area contributed by atoms with Crippen molar-refractivity contribution in [2.75, 3.05) is 4.81 Å². The Morgan fingerprint density at radius 2 is 1.36 bits per heavy atom. The molecule has 8 aromatic rings. The van der Waals surface area contributed by atoms with Gasteiger partial charge in [0.05, 0.1) is 11.0 Å². The summed E-state index contributed by atoms with van der Waals surface area (Å²) in [5.74, 6) is 0. The SMILES string of the molecule is Cc1cc2c3c(c1)-n1c4ccccc4c4cccc(c41)B3N(c1cc3c(cc1C)C(C)(C)CCC3(C)C)c1ccc3oc4ccccc4c3c1-2. The number of nitrogens with zero attached hydrogens (tertiary/aromatic N) is 2. The second-order valence-electron chi connectivity index (χ2n) is 16.5. The molecule has 0 bridgehead atoms. The van der Waals surface area contributed by atoms with Crippen LogP contribution in [0.1, 0.15) is 62.8 Å². The highest BCUT2D eigenvalue weighted by atomic mass is 16.3. The van der Waals surface area contributed by atoms with E-state index in [4.69, 9.17) is 4.42 Å². The fourth-order valence-corrected chi connectivity index (χ4v) is 10.1. The van der Waals surface area contributed by atoms with E-state index in [-0.39, 0.29) is 17.7 Å². The number of fused-ring (bicyclic) bond motifs is 12. The molecule has 50 heavy (non-hydrogen) atoms. The lowest BCUT2D eigenvalue weighted by molar-refractivity contribution is 0.332. The smallest absolute Gasteiger partial charge is 0.333 e. The molecule has 0 amide bonds. The average molecular weight is 647 g/mol. The lowest BCUT2D eigenvalue weighted by Crippen LogP contribution is -2.60. The average Bonchev–Trinajstić information content (AvgIpc) is 3.65. The molecule has 1 aliphatic carbocycles. The zero-order chi connectivity index (χ0) is 33.8. The quantitative estimate of drug-likeness (QED) is 0.166. The number of hydrogen-bond donors (Lipinski definition) is 0. The Hall–Kier alpha value is -5.22. The van der Waals surface area contributed by atoms with Crippen molar-refractivity contribution < 1.29 is 4.42 Å². The third kappa shape index (κ3) is 3.47. The number of aromatic nitrogens is 1. The Kier molecular flexibility index (Phi) is 5.33. The zero-order valence-electron chi connectivity index (χ0n) is 29.6. The fraction of sp³-hybridized carbons (Fsp3) is 0.217. The Morgan fingerprint density at radius 3 is 2.18 bits per heavy atom. The minimum absolute atomic E-state index is 0.000639. The van der Waals surface area contributed by atoms with E-state index in [1.165, 1.54) is 107 Å². The van der Waals surface area contributed by atoms with Crippen LogP contribution >= 0.6 is 0 Å². The number of hydrogen-bond acceptors (Lipinski definition) is 2. The molecule has 0 N–H and O–H groups in total. The van der Waals surface area contributed by atoms with Gasteiger partial charge in [0.25, 0.3) is 0 Å². The zero-order valence-corrected chi connectivity index (χ0v) is 29.6. The Morgan fingerprint density at radius 1 is 0.640 bits per heavy atom. The summed E-state index contributed by atoms with van der Waals surface area (Å²) in [4.78, 5) is 2.71. The maximum atomic E-state index is 6.57. The van der Waals surface area contributed by atoms with Crippen LogP contribution in [0.3, 0.4) is 0 Å². The van der Waals surface area contributed by atoms with E-state index in [0.29, 0.717) is 0 Å². The van der Waals surface area contributed by atoms with E-state index < -0.39 is 0 Å². The first-order valence-electron chi connectivity index (χ1n) is 18.2. The Balaban J connectivity index is 1.34. The van der Waals surface area contributed by atoms with Gasteiger partial charge in [-0.15, -0.1) is 0 Å². The highest BCUT2D eigenvalue weighted by molar-refractivity contribution is 6.93. The molecule has 2 aromatic heterocycles. The van der Waals surface area contributed by atoms with Crippen molar-refractivity contribution in [2.45, 2.75) is 65.2 Å². The number of furan rings is 1. The predicted molar refractivity (Wildman–Crippen MR) is 212 cm³/mol. The fourth-order valence-electron chi connectivity index (χ4n) is 10.1. The van der Waals surface area contributed by atoms with Crippen LogP contribution in [0, 0.1) is 13.8 Å². The van der Waals surface area contributed by atoms with E-state index in [9.17, 15) is 0 Å². The van der Waals surface area contributed by atoms with Crippen LogP contribution in [-0.4, -0.2) is 11.4 Å². The van der Waals surface area contributed by atoms with Crippen molar-refractivity contribution in [3.63, 3.8) is 0 Å². The Labute approximate surface area is 293 Å². The van der Waals surface area contributed by atoms with Gasteiger partial charge in [0.15, 0.2) is 0 Å². The molecule has 0 unspecified atom stereocenters. The van der Waals surface area contributed by atoms with Crippen LogP contribution in [0.2, 0.25) is 0 Å². The summed E-state index contributed by atoms with van der Waals surface area (Å²) in [7, 11) is 0. The molecule has 0 radical (unpaired) electrons. The van der Waals surface area contributed by atoms with Gasteiger partial charge in [-0.05, 0) is 113 Å². The van der Waals surface area contributed by atoms with Crippen molar-refractivity contribution in [3.05, 3.63) is 125 Å². The van der Waals surface area contributed by atoms with E-state index in [0.717, 1.165) is 11.2 Å². The lowest BCUT2D eigenvalue weighted by Gasteiger charge is -2.46. The van der Waals surface area contributed by atoms with Crippen LogP contribution in [-0.2, 0) is 10.8 Å². The van der Waals surface area contributed by atoms with Gasteiger partial charge in [-0.1, -0.05) is 94.4 Å². The molecule has 0 atom stereocenters. The Bertz CT molecular complexity index is 2810. The number of aryl methyl sites for hydroxylation is 2. The molecule has 4 heterocycles. The number of para-hydroxylation sites is 3. The normalized spacial score (nSPS) is 16.7. The first kappa shape index (κ1) is 28.6. The van der Waals surface area contributed by atoms with Crippen molar-refractivity contribution in [1.29, 1.82) is 0 Å². The van der Waals surface area contributed by atoms with E-state index >= 15 is 0 Å². The molecule has 3 nitrogen and oxygen atoms in total. The van der Waals surface area contributed by atoms with Gasteiger partial charge in [-0.2, -0.15) is 0 Å². The van der Waals surface area contributed by atoms with E-state index in [1.807, 2.05) is 0 Å². The third-order valence-electron chi connectivity index (χ3n) is 12.6. The second-order valence-corrected chi connectivity index (χ2v) is 16.5. The molecule has 11 rings (SSSR count). The van der Waals surface area contributed by atoms with Gasteiger partial charge in [0, 0.05) is 44.2 Å². The van der Waals surface area contributed by atoms with Crippen LogP contribution < -0.4 is 15.7 Å². The molecule has 0 saturated heterocycles. The number of benzene rings is 6. The van der Waals surface area contributed by atoms with Crippen LogP contribution in [0.5, 0.6) is 0 Å². The molecule has 242 valence electrons. The molecule has 0 fully saturated rings. The first-order chi connectivity index (χ1) is 24.1. The summed E-state index contributed by atoms with van der Waals surface area (Å²) in [6.07, 6.45) is 2.39. The molecular formula is C46H39BN2O. The molecule has 4 heteroatoms. The van der Waals surface area contributed by atoms with Crippen molar-refractivity contribution >= 4 is 72.9 Å². The summed E-state index contributed by atoms with van der Waals surface area (Å²) in [6, 6.07) is 39.0. The van der Waals surface area contributed by atoms with Crippen molar-refractivity contribution in [3.8, 4) is 16.8 Å². The minimum Gasteiger partial charge on any atom is -0.456 e. The monoisotopic (exact) mass is 646 g/mol. The summed E-state index contributed by atoms with van der Waals surface area (Å²) < 4.78 is 9.13. The van der Waals surface area contributed by atoms with Gasteiger partial charge in [0.1, 0.15) is 11.2 Å². The van der Waals surface area contributed by atoms with Crippen molar-refractivity contribution in [2.24, 2.45) is 0 Å². The standard InChI is InChI=1S/C46H39BN2O/c1-26-22-31-41-36(18-19-40-42(41)30-13-8-10-17-39(30)50-40)49(37-25-33-32(24-27(37)2)45(3,4)20-21-46(33,5)6)47-34-15-11-14-29-28-12-7-9-16-35(28)48(44(29)34)38(23-26)43(31)47/h7-19,22-25H,20-21H2,1-6H3. The van der Waals surface area contributed by atoms with E-state index in [1.54, 1.807) is 0 Å². The highest BCUT2D eigenvalue weighted by Crippen LogP contribution is 2.52. The number of anilines is 2.